The summed E-state index contributed by atoms with van der Waals surface area (Å²) in [5, 5.41) is 2.17. The number of nitrogens with two attached hydrogens (primary N) is 1. The average molecular weight is 259 g/mol. The maximum atomic E-state index is 5.95. The van der Waals surface area contributed by atoms with E-state index >= 15 is 0 Å². The van der Waals surface area contributed by atoms with Crippen LogP contribution in [-0.2, 0) is 12.8 Å². The molecule has 0 bridgehead atoms. The molecule has 0 spiro atoms. The van der Waals surface area contributed by atoms with Gasteiger partial charge >= 0.3 is 0 Å². The minimum atomic E-state index is 0.438. The van der Waals surface area contributed by atoms with E-state index in [1.54, 1.807) is 0 Å². The molecule has 2 aromatic rings. The zero-order chi connectivity index (χ0) is 13.0. The number of hydrogen-bond donors (Lipinski definition) is 1. The van der Waals surface area contributed by atoms with Gasteiger partial charge in [-0.25, -0.2) is 0 Å². The van der Waals surface area contributed by atoms with E-state index in [2.05, 4.69) is 49.6 Å². The summed E-state index contributed by atoms with van der Waals surface area (Å²) in [6.07, 6.45) is 2.16. The number of benzene rings is 1. The molecule has 1 unspecified atom stereocenters. The van der Waals surface area contributed by atoms with E-state index in [0.29, 0.717) is 12.5 Å². The van der Waals surface area contributed by atoms with Crippen LogP contribution in [0.3, 0.4) is 0 Å². The molecule has 0 amide bonds. The number of thiophene rings is 1. The maximum Gasteiger partial charge on any atom is 0.00809 e. The zero-order valence-electron chi connectivity index (χ0n) is 11.1. The third-order valence-corrected chi connectivity index (χ3v) is 4.59. The molecule has 0 aliphatic rings. The summed E-state index contributed by atoms with van der Waals surface area (Å²) >= 11 is 1.84. The Labute approximate surface area is 114 Å². The Morgan fingerprint density at radius 3 is 2.39 bits per heavy atom. The van der Waals surface area contributed by atoms with E-state index in [9.17, 15) is 0 Å². The Morgan fingerprint density at radius 1 is 1.17 bits per heavy atom. The highest BCUT2D eigenvalue weighted by atomic mass is 32.1. The first-order valence-corrected chi connectivity index (χ1v) is 7.44. The number of rotatable bonds is 5. The van der Waals surface area contributed by atoms with Crippen LogP contribution in [0, 0.1) is 6.92 Å². The first kappa shape index (κ1) is 13.3. The Hall–Kier alpha value is -1.12. The van der Waals surface area contributed by atoms with Crippen LogP contribution in [0.5, 0.6) is 0 Å². The fourth-order valence-corrected chi connectivity index (χ4v) is 3.19. The van der Waals surface area contributed by atoms with Crippen molar-refractivity contribution in [2.75, 3.05) is 6.54 Å². The fraction of sp³-hybridized carbons (Fsp3) is 0.375. The van der Waals surface area contributed by atoms with Crippen molar-refractivity contribution in [1.29, 1.82) is 0 Å². The summed E-state index contributed by atoms with van der Waals surface area (Å²) in [5.74, 6) is 0.438. The molecule has 1 nitrogen and oxygen atoms in total. The molecule has 0 fully saturated rings. The van der Waals surface area contributed by atoms with E-state index < -0.39 is 0 Å². The zero-order valence-corrected chi connectivity index (χ0v) is 12.0. The predicted molar refractivity (Wildman–Crippen MR) is 80.4 cm³/mol. The molecule has 0 saturated carbocycles. The molecule has 1 aromatic heterocycles. The van der Waals surface area contributed by atoms with Gasteiger partial charge in [0.1, 0.15) is 0 Å². The Bertz CT molecular complexity index is 484. The maximum absolute atomic E-state index is 5.95. The van der Waals surface area contributed by atoms with Gasteiger partial charge in [-0.3, -0.25) is 0 Å². The van der Waals surface area contributed by atoms with E-state index in [1.807, 2.05) is 11.3 Å². The Balaban J connectivity index is 2.15. The van der Waals surface area contributed by atoms with Crippen LogP contribution in [0.25, 0.3) is 0 Å². The summed E-state index contributed by atoms with van der Waals surface area (Å²) in [5.41, 5.74) is 10.1. The van der Waals surface area contributed by atoms with Crippen molar-refractivity contribution in [2.24, 2.45) is 5.73 Å². The van der Waals surface area contributed by atoms with Crippen molar-refractivity contribution in [3.63, 3.8) is 0 Å². The minimum absolute atomic E-state index is 0.438. The van der Waals surface area contributed by atoms with Gasteiger partial charge in [0.25, 0.3) is 0 Å². The summed E-state index contributed by atoms with van der Waals surface area (Å²) < 4.78 is 0. The van der Waals surface area contributed by atoms with Crippen LogP contribution < -0.4 is 5.73 Å². The van der Waals surface area contributed by atoms with Crippen molar-refractivity contribution in [3.8, 4) is 0 Å². The molecule has 1 aromatic carbocycles. The first-order valence-electron chi connectivity index (χ1n) is 6.56. The summed E-state index contributed by atoms with van der Waals surface area (Å²) in [7, 11) is 0. The molecule has 2 rings (SSSR count). The van der Waals surface area contributed by atoms with Gasteiger partial charge in [0.15, 0.2) is 0 Å². The summed E-state index contributed by atoms with van der Waals surface area (Å²) in [4.78, 5) is 1.46. The van der Waals surface area contributed by atoms with Crippen LogP contribution >= 0.6 is 11.3 Å². The van der Waals surface area contributed by atoms with Gasteiger partial charge in [0, 0.05) is 10.8 Å². The van der Waals surface area contributed by atoms with Crippen molar-refractivity contribution in [3.05, 3.63) is 57.3 Å². The lowest BCUT2D eigenvalue weighted by molar-refractivity contribution is 0.699. The quantitative estimate of drug-likeness (QED) is 0.865. The van der Waals surface area contributed by atoms with Crippen molar-refractivity contribution in [2.45, 2.75) is 32.6 Å². The lowest BCUT2D eigenvalue weighted by atomic mass is 9.93. The van der Waals surface area contributed by atoms with Gasteiger partial charge in [-0.1, -0.05) is 31.2 Å². The van der Waals surface area contributed by atoms with Crippen LogP contribution in [0.4, 0.5) is 0 Å². The smallest absolute Gasteiger partial charge is 0.00809 e. The second kappa shape index (κ2) is 6.17. The summed E-state index contributed by atoms with van der Waals surface area (Å²) in [6.45, 7) is 5.08. The van der Waals surface area contributed by atoms with Crippen LogP contribution in [0.1, 0.15) is 34.4 Å². The molecule has 2 N–H and O–H groups in total. The second-order valence-electron chi connectivity index (χ2n) is 4.76. The Kier molecular flexibility index (Phi) is 4.56. The monoisotopic (exact) mass is 259 g/mol. The molecule has 0 saturated heterocycles. The lowest BCUT2D eigenvalue weighted by Gasteiger charge is -2.15. The molecular weight excluding hydrogens is 238 g/mol. The van der Waals surface area contributed by atoms with Gasteiger partial charge in [0.2, 0.25) is 0 Å². The highest BCUT2D eigenvalue weighted by Gasteiger charge is 2.12. The molecule has 1 atom stereocenters. The molecule has 0 aliphatic heterocycles. The minimum Gasteiger partial charge on any atom is -0.330 e. The third-order valence-electron chi connectivity index (χ3n) is 3.54. The molecule has 0 aliphatic carbocycles. The van der Waals surface area contributed by atoms with E-state index in [-0.39, 0.29) is 0 Å². The average Bonchev–Trinajstić information content (AvgIpc) is 2.81. The van der Waals surface area contributed by atoms with E-state index in [0.717, 1.165) is 12.8 Å². The molecule has 1 heterocycles. The number of hydrogen-bond acceptors (Lipinski definition) is 2. The van der Waals surface area contributed by atoms with Gasteiger partial charge in [-0.15, -0.1) is 11.3 Å². The van der Waals surface area contributed by atoms with Crippen LogP contribution in [-0.4, -0.2) is 6.54 Å². The fourth-order valence-electron chi connectivity index (χ4n) is 2.20. The SMILES string of the molecule is CCc1ccc(C(CN)Cc2sccc2C)cc1. The van der Waals surface area contributed by atoms with Gasteiger partial charge < -0.3 is 5.73 Å². The van der Waals surface area contributed by atoms with E-state index in [4.69, 9.17) is 5.73 Å². The Morgan fingerprint density at radius 2 is 1.89 bits per heavy atom. The van der Waals surface area contributed by atoms with Gasteiger partial charge in [-0.05, 0) is 54.4 Å². The topological polar surface area (TPSA) is 26.0 Å². The first-order chi connectivity index (χ1) is 8.74. The largest absolute Gasteiger partial charge is 0.330 e. The molecule has 18 heavy (non-hydrogen) atoms. The lowest BCUT2D eigenvalue weighted by Crippen LogP contribution is -2.15. The van der Waals surface area contributed by atoms with Gasteiger partial charge in [0.05, 0.1) is 0 Å². The predicted octanol–water partition coefficient (Wildman–Crippen LogP) is 3.90. The normalized spacial score (nSPS) is 12.6. The van der Waals surface area contributed by atoms with E-state index in [1.165, 1.54) is 21.6 Å². The molecule has 0 radical (unpaired) electrons. The van der Waals surface area contributed by atoms with Gasteiger partial charge in [-0.2, -0.15) is 0 Å². The third kappa shape index (κ3) is 3.01. The summed E-state index contributed by atoms with van der Waals surface area (Å²) in [6, 6.07) is 11.1. The molecular formula is C16H21NS. The molecule has 96 valence electrons. The standard InChI is InChI=1S/C16H21NS/c1-3-13-4-6-14(7-5-13)15(11-17)10-16-12(2)8-9-18-16/h4-9,15H,3,10-11,17H2,1-2H3. The second-order valence-corrected chi connectivity index (χ2v) is 5.76. The van der Waals surface area contributed by atoms with Crippen molar-refractivity contribution in [1.82, 2.24) is 0 Å². The molecule has 2 heteroatoms. The van der Waals surface area contributed by atoms with Crippen LogP contribution in [0.15, 0.2) is 35.7 Å². The highest BCUT2D eigenvalue weighted by Crippen LogP contribution is 2.25. The van der Waals surface area contributed by atoms with Crippen molar-refractivity contribution < 1.29 is 0 Å². The van der Waals surface area contributed by atoms with Crippen LogP contribution in [0.2, 0.25) is 0 Å². The van der Waals surface area contributed by atoms with Crippen molar-refractivity contribution >= 4 is 11.3 Å². The number of aryl methyl sites for hydroxylation is 2. The highest BCUT2D eigenvalue weighted by molar-refractivity contribution is 7.10.